The monoisotopic (exact) mass is 564 g/mol. The predicted octanol–water partition coefficient (Wildman–Crippen LogP) is 10.3. The maximum Gasteiger partial charge on any atom is 0.469 e. The van der Waals surface area contributed by atoms with Crippen LogP contribution in [0, 0.1) is 28.6 Å². The predicted molar refractivity (Wildman–Crippen MR) is 167 cm³/mol. The van der Waals surface area contributed by atoms with E-state index in [4.69, 9.17) is 20.0 Å². The van der Waals surface area contributed by atoms with Gasteiger partial charge in [0.2, 0.25) is 0 Å². The van der Waals surface area contributed by atoms with E-state index in [9.17, 15) is 4.57 Å². The van der Waals surface area contributed by atoms with Crippen LogP contribution in [0.2, 0.25) is 0 Å². The van der Waals surface area contributed by atoms with E-state index in [2.05, 4.69) is 76.2 Å². The number of nitrogens with two attached hydrogens (primary N) is 1. The quantitative estimate of drug-likeness (QED) is 0.107. The normalized spacial score (nSPS) is 15.5. The van der Waals surface area contributed by atoms with Crippen LogP contribution >= 0.6 is 7.82 Å². The first kappa shape index (κ1) is 40.2. The highest BCUT2D eigenvalue weighted by molar-refractivity contribution is 7.46. The lowest BCUT2D eigenvalue weighted by Crippen LogP contribution is -2.31. The van der Waals surface area contributed by atoms with Crippen molar-refractivity contribution in [2.24, 2.45) is 34.3 Å². The van der Waals surface area contributed by atoms with Crippen molar-refractivity contribution in [3.63, 3.8) is 0 Å². The van der Waals surface area contributed by atoms with E-state index in [-0.39, 0.29) is 23.5 Å². The average molecular weight is 564 g/mol. The molecule has 3 unspecified atom stereocenters. The highest BCUT2D eigenvalue weighted by atomic mass is 31.2. The fraction of sp³-hybridized carbons (Fsp3) is 1.00. The van der Waals surface area contributed by atoms with Gasteiger partial charge < -0.3 is 15.5 Å². The van der Waals surface area contributed by atoms with Crippen LogP contribution in [0.5, 0.6) is 0 Å². The fourth-order valence-electron chi connectivity index (χ4n) is 5.39. The van der Waals surface area contributed by atoms with Crippen LogP contribution in [0.1, 0.15) is 166 Å². The Morgan fingerprint density at radius 2 is 1.18 bits per heavy atom. The van der Waals surface area contributed by atoms with Gasteiger partial charge in [-0.05, 0) is 68.1 Å². The zero-order chi connectivity index (χ0) is 30.0. The van der Waals surface area contributed by atoms with Crippen molar-refractivity contribution in [1.29, 1.82) is 0 Å². The average Bonchev–Trinajstić information content (AvgIpc) is 2.68. The Morgan fingerprint density at radius 1 is 0.737 bits per heavy atom. The van der Waals surface area contributed by atoms with Crippen molar-refractivity contribution in [2.75, 3.05) is 6.61 Å². The summed E-state index contributed by atoms with van der Waals surface area (Å²) in [5, 5.41) is 0. The first-order valence-corrected chi connectivity index (χ1v) is 17.2. The molecule has 0 aliphatic carbocycles. The molecule has 0 aliphatic heterocycles. The molecular formula is C32H70NO4P. The molecule has 0 aromatic carbocycles. The Kier molecular flexibility index (Phi) is 21.2. The molecule has 4 N–H and O–H groups in total. The minimum absolute atomic E-state index is 0.0428. The number of rotatable bonds is 19. The number of phosphoric ester groups is 1. The second-order valence-electron chi connectivity index (χ2n) is 15.3. The Balaban J connectivity index is 0. The summed E-state index contributed by atoms with van der Waals surface area (Å²) in [6.45, 7) is 24.5. The highest BCUT2D eigenvalue weighted by Gasteiger charge is 2.27. The summed E-state index contributed by atoms with van der Waals surface area (Å²) >= 11 is 0. The molecule has 0 aromatic rings. The highest BCUT2D eigenvalue weighted by Crippen LogP contribution is 2.40. The van der Waals surface area contributed by atoms with E-state index >= 15 is 0 Å². The van der Waals surface area contributed by atoms with Crippen molar-refractivity contribution < 1.29 is 18.9 Å². The van der Waals surface area contributed by atoms with Gasteiger partial charge in [0.1, 0.15) is 0 Å². The minimum Gasteiger partial charge on any atom is -0.326 e. The first-order valence-electron chi connectivity index (χ1n) is 15.6. The van der Waals surface area contributed by atoms with E-state index in [1.165, 1.54) is 64.2 Å². The zero-order valence-electron chi connectivity index (χ0n) is 27.6. The summed E-state index contributed by atoms with van der Waals surface area (Å²) in [6, 6.07) is 0. The lowest BCUT2D eigenvalue weighted by molar-refractivity contribution is 0.118. The lowest BCUT2D eigenvalue weighted by atomic mass is 9.76. The van der Waals surface area contributed by atoms with Crippen LogP contribution in [0.3, 0.4) is 0 Å². The van der Waals surface area contributed by atoms with E-state index < -0.39 is 7.82 Å². The third-order valence-corrected chi connectivity index (χ3v) is 7.60. The zero-order valence-corrected chi connectivity index (χ0v) is 28.5. The van der Waals surface area contributed by atoms with E-state index in [1.807, 2.05) is 0 Å². The fourth-order valence-corrected chi connectivity index (χ4v) is 5.78. The summed E-state index contributed by atoms with van der Waals surface area (Å²) in [5.74, 6) is 1.17. The first-order chi connectivity index (χ1) is 17.2. The maximum absolute atomic E-state index is 11.0. The van der Waals surface area contributed by atoms with Gasteiger partial charge in [-0.2, -0.15) is 0 Å². The van der Waals surface area contributed by atoms with Crippen LogP contribution < -0.4 is 5.73 Å². The van der Waals surface area contributed by atoms with Gasteiger partial charge >= 0.3 is 7.82 Å². The SMILES string of the molecule is CC(CCC(COP(=O)(O)O)C(C)CC(C)(C)C)CC(C)(C)C.CCCCCCCCCCCC(C)(C)N. The summed E-state index contributed by atoms with van der Waals surface area (Å²) in [6.07, 6.45) is 18.0. The molecule has 5 nitrogen and oxygen atoms in total. The molecule has 3 atom stereocenters. The molecule has 0 heterocycles. The molecule has 0 saturated heterocycles. The standard InChI is InChI=1S/C18H39O4P.C14H31N/c1-14(11-17(3,4)5)9-10-16(13-22-23(19,20)21)15(2)12-18(6,7)8;1-4-5-6-7-8-9-10-11-12-13-14(2,3)15/h14-16H,9-13H2,1-8H3,(H2,19,20,21);4-13,15H2,1-3H3. The smallest absolute Gasteiger partial charge is 0.326 e. The summed E-state index contributed by atoms with van der Waals surface area (Å²) in [4.78, 5) is 18.0. The Morgan fingerprint density at radius 3 is 1.58 bits per heavy atom. The van der Waals surface area contributed by atoms with Gasteiger partial charge in [0.15, 0.2) is 0 Å². The molecule has 0 saturated carbocycles. The van der Waals surface area contributed by atoms with Crippen molar-refractivity contribution in [3.8, 4) is 0 Å². The topological polar surface area (TPSA) is 92.8 Å². The van der Waals surface area contributed by atoms with Gasteiger partial charge in [0, 0.05) is 5.54 Å². The number of hydrogen-bond acceptors (Lipinski definition) is 3. The van der Waals surface area contributed by atoms with Crippen LogP contribution in [0.4, 0.5) is 0 Å². The molecule has 0 spiro atoms. The second kappa shape index (κ2) is 20.0. The summed E-state index contributed by atoms with van der Waals surface area (Å²) in [7, 11) is -4.39. The molecule has 0 rings (SSSR count). The van der Waals surface area contributed by atoms with Crippen molar-refractivity contribution in [3.05, 3.63) is 0 Å². The Labute approximate surface area is 239 Å². The van der Waals surface area contributed by atoms with Crippen molar-refractivity contribution >= 4 is 7.82 Å². The van der Waals surface area contributed by atoms with Gasteiger partial charge in [0.05, 0.1) is 6.61 Å². The summed E-state index contributed by atoms with van der Waals surface area (Å²) < 4.78 is 15.9. The van der Waals surface area contributed by atoms with Gasteiger partial charge in [0.25, 0.3) is 0 Å². The van der Waals surface area contributed by atoms with Crippen molar-refractivity contribution in [2.45, 2.75) is 172 Å². The number of phosphoric acid groups is 1. The molecule has 0 aliphatic rings. The molecule has 232 valence electrons. The molecule has 38 heavy (non-hydrogen) atoms. The molecule has 6 heteroatoms. The van der Waals surface area contributed by atoms with Gasteiger partial charge in [-0.1, -0.05) is 127 Å². The minimum atomic E-state index is -4.39. The van der Waals surface area contributed by atoms with E-state index in [0.29, 0.717) is 17.3 Å². The Hall–Kier alpha value is 0.0700. The maximum atomic E-state index is 11.0. The van der Waals surface area contributed by atoms with E-state index in [0.717, 1.165) is 25.7 Å². The number of hydrogen-bond donors (Lipinski definition) is 3. The number of unbranched alkanes of at least 4 members (excludes halogenated alkanes) is 8. The molecule has 0 bridgehead atoms. The third-order valence-electron chi connectivity index (χ3n) is 7.11. The molecule has 0 radical (unpaired) electrons. The molecule has 0 amide bonds. The largest absolute Gasteiger partial charge is 0.469 e. The van der Waals surface area contributed by atoms with Crippen molar-refractivity contribution in [1.82, 2.24) is 0 Å². The lowest BCUT2D eigenvalue weighted by Gasteiger charge is -2.31. The Bertz CT molecular complexity index is 598. The van der Waals surface area contributed by atoms with Crippen LogP contribution in [0.25, 0.3) is 0 Å². The molecule has 0 fully saturated rings. The molecular weight excluding hydrogens is 493 g/mol. The summed E-state index contributed by atoms with van der Waals surface area (Å²) in [5.41, 5.74) is 6.49. The van der Waals surface area contributed by atoms with Gasteiger partial charge in [-0.25, -0.2) is 4.57 Å². The van der Waals surface area contributed by atoms with Crippen LogP contribution in [-0.2, 0) is 9.09 Å². The van der Waals surface area contributed by atoms with Gasteiger partial charge in [-0.3, -0.25) is 4.52 Å². The van der Waals surface area contributed by atoms with Crippen LogP contribution in [0.15, 0.2) is 0 Å². The van der Waals surface area contributed by atoms with Crippen LogP contribution in [-0.4, -0.2) is 21.9 Å². The second-order valence-corrected chi connectivity index (χ2v) is 16.5. The molecule has 0 aromatic heterocycles. The van der Waals surface area contributed by atoms with Gasteiger partial charge in [-0.15, -0.1) is 0 Å². The van der Waals surface area contributed by atoms with E-state index in [1.54, 1.807) is 0 Å². The third kappa shape index (κ3) is 32.3.